The minimum absolute atomic E-state index is 0.158. The number of ether oxygens (including phenoxy) is 3. The zero-order valence-corrected chi connectivity index (χ0v) is 22.5. The number of halogens is 3. The van der Waals surface area contributed by atoms with Gasteiger partial charge in [0.2, 0.25) is 0 Å². The van der Waals surface area contributed by atoms with Crippen LogP contribution in [-0.2, 0) is 24.7 Å². The lowest BCUT2D eigenvalue weighted by atomic mass is 9.75. The molecule has 0 spiro atoms. The molecule has 1 aromatic carbocycles. The van der Waals surface area contributed by atoms with Crippen LogP contribution < -0.4 is 4.74 Å². The molecule has 1 aromatic heterocycles. The van der Waals surface area contributed by atoms with Gasteiger partial charge in [-0.15, -0.1) is 0 Å². The number of nitrogens with zero attached hydrogens (tertiary/aromatic N) is 2. The zero-order valence-electron chi connectivity index (χ0n) is 22.5. The Bertz CT molecular complexity index is 1210. The molecule has 1 aliphatic heterocycles. The van der Waals surface area contributed by atoms with E-state index >= 15 is 0 Å². The maximum atomic E-state index is 13.8. The van der Waals surface area contributed by atoms with Crippen molar-refractivity contribution in [3.63, 3.8) is 0 Å². The summed E-state index contributed by atoms with van der Waals surface area (Å²) in [6, 6.07) is 11.8. The third-order valence-corrected chi connectivity index (χ3v) is 7.84. The number of alkyl halides is 3. The first-order valence-electron chi connectivity index (χ1n) is 13.6. The Hall–Kier alpha value is -3.52. The van der Waals surface area contributed by atoms with Crippen LogP contribution in [0.1, 0.15) is 56.3 Å². The standard InChI is InChI=1S/C29H34F3N2O6/c1-34(14-7-17-37-23-11-5-8-21(18-23)19-33)15-13-24(20-34)39-26(35)28(25-12-6-16-38-25,22-9-3-2-4-10-22)40-27(36)29(30,31)32/h5-6,8,11-12,16,18,22,24H,2-4,7,9-10,13-15,17,20H2,1H3/q+1. The Labute approximate surface area is 231 Å². The smallest absolute Gasteiger partial charge is 0.490 e. The Balaban J connectivity index is 1.43. The van der Waals surface area contributed by atoms with E-state index in [0.717, 1.165) is 13.0 Å². The number of benzene rings is 1. The van der Waals surface area contributed by atoms with Crippen molar-refractivity contribution in [3.05, 3.63) is 54.0 Å². The topological polar surface area (TPSA) is 98.8 Å². The molecule has 0 radical (unpaired) electrons. The number of likely N-dealkylation sites (tertiary alicyclic amines) is 1. The fourth-order valence-corrected chi connectivity index (χ4v) is 5.81. The van der Waals surface area contributed by atoms with Crippen molar-refractivity contribution in [3.8, 4) is 11.8 Å². The summed E-state index contributed by atoms with van der Waals surface area (Å²) in [5.41, 5.74) is -1.80. The molecule has 1 saturated heterocycles. The Morgan fingerprint density at radius 3 is 2.55 bits per heavy atom. The number of likely N-dealkylation sites (N-methyl/N-ethyl adjacent to an activating group) is 1. The van der Waals surface area contributed by atoms with Crippen LogP contribution in [0.4, 0.5) is 13.2 Å². The molecule has 216 valence electrons. The van der Waals surface area contributed by atoms with Crippen LogP contribution in [0.15, 0.2) is 47.1 Å². The second kappa shape index (κ2) is 12.3. The summed E-state index contributed by atoms with van der Waals surface area (Å²) in [6.45, 7) is 2.31. The van der Waals surface area contributed by atoms with E-state index in [1.807, 2.05) is 7.05 Å². The molecule has 3 unspecified atom stereocenters. The highest BCUT2D eigenvalue weighted by atomic mass is 19.4. The average molecular weight is 564 g/mol. The highest BCUT2D eigenvalue weighted by Crippen LogP contribution is 2.45. The molecule has 2 fully saturated rings. The average Bonchev–Trinajstić information content (AvgIpc) is 3.60. The zero-order chi connectivity index (χ0) is 28.8. The Morgan fingerprint density at radius 1 is 1.10 bits per heavy atom. The Morgan fingerprint density at radius 2 is 1.88 bits per heavy atom. The molecule has 2 aliphatic rings. The van der Waals surface area contributed by atoms with Gasteiger partial charge in [-0.1, -0.05) is 25.3 Å². The number of quaternary nitrogens is 1. The first kappa shape index (κ1) is 29.5. The molecule has 2 heterocycles. The predicted octanol–water partition coefficient (Wildman–Crippen LogP) is 5.26. The van der Waals surface area contributed by atoms with Crippen LogP contribution >= 0.6 is 0 Å². The summed E-state index contributed by atoms with van der Waals surface area (Å²) < 4.78 is 62.8. The summed E-state index contributed by atoms with van der Waals surface area (Å²) in [5.74, 6) is -3.72. The first-order valence-corrected chi connectivity index (χ1v) is 13.6. The van der Waals surface area contributed by atoms with Gasteiger partial charge in [-0.25, -0.2) is 9.59 Å². The number of rotatable bonds is 10. The number of carbonyl (C=O) groups is 2. The minimum atomic E-state index is -5.28. The van der Waals surface area contributed by atoms with Gasteiger partial charge in [0.15, 0.2) is 11.9 Å². The van der Waals surface area contributed by atoms with E-state index in [0.29, 0.717) is 74.0 Å². The maximum absolute atomic E-state index is 13.8. The van der Waals surface area contributed by atoms with E-state index in [2.05, 4.69) is 6.07 Å². The van der Waals surface area contributed by atoms with Gasteiger partial charge >= 0.3 is 18.1 Å². The van der Waals surface area contributed by atoms with Gasteiger partial charge in [0.25, 0.3) is 5.60 Å². The van der Waals surface area contributed by atoms with Gasteiger partial charge in [-0.05, 0) is 43.2 Å². The molecule has 0 N–H and O–H groups in total. The number of carbonyl (C=O) groups excluding carboxylic acids is 2. The van der Waals surface area contributed by atoms with Gasteiger partial charge in [-0.3, -0.25) is 0 Å². The highest BCUT2D eigenvalue weighted by molar-refractivity contribution is 5.86. The summed E-state index contributed by atoms with van der Waals surface area (Å²) in [5, 5.41) is 9.03. The summed E-state index contributed by atoms with van der Waals surface area (Å²) >= 11 is 0. The molecule has 4 rings (SSSR count). The third-order valence-electron chi connectivity index (χ3n) is 7.84. The second-order valence-corrected chi connectivity index (χ2v) is 10.8. The van der Waals surface area contributed by atoms with Crippen LogP contribution in [0, 0.1) is 17.2 Å². The summed E-state index contributed by atoms with van der Waals surface area (Å²) in [4.78, 5) is 25.9. The number of furan rings is 1. The van der Waals surface area contributed by atoms with E-state index < -0.39 is 35.7 Å². The Kier molecular flexibility index (Phi) is 9.08. The number of esters is 2. The molecular formula is C29H34F3N2O6+. The highest BCUT2D eigenvalue weighted by Gasteiger charge is 2.59. The van der Waals surface area contributed by atoms with Crippen molar-refractivity contribution in [1.29, 1.82) is 5.26 Å². The van der Waals surface area contributed by atoms with Crippen LogP contribution in [0.25, 0.3) is 0 Å². The van der Waals surface area contributed by atoms with Crippen molar-refractivity contribution < 1.29 is 45.9 Å². The van der Waals surface area contributed by atoms with Crippen LogP contribution in [0.5, 0.6) is 5.75 Å². The molecule has 0 bridgehead atoms. The van der Waals surface area contributed by atoms with E-state index in [9.17, 15) is 22.8 Å². The number of nitriles is 1. The molecule has 40 heavy (non-hydrogen) atoms. The molecule has 2 aromatic rings. The van der Waals surface area contributed by atoms with Crippen molar-refractivity contribution in [1.82, 2.24) is 0 Å². The quantitative estimate of drug-likeness (QED) is 0.221. The summed E-state index contributed by atoms with van der Waals surface area (Å²) in [7, 11) is 2.02. The lowest BCUT2D eigenvalue weighted by Gasteiger charge is -2.38. The van der Waals surface area contributed by atoms with E-state index in [4.69, 9.17) is 23.9 Å². The van der Waals surface area contributed by atoms with Gasteiger partial charge in [0.1, 0.15) is 12.3 Å². The molecule has 11 heteroatoms. The normalized spacial score (nSPS) is 23.1. The lowest BCUT2D eigenvalue weighted by Crippen LogP contribution is -2.52. The van der Waals surface area contributed by atoms with Gasteiger partial charge in [-0.2, -0.15) is 18.4 Å². The van der Waals surface area contributed by atoms with Gasteiger partial charge in [0, 0.05) is 18.8 Å². The first-order chi connectivity index (χ1) is 19.1. The number of hydrogen-bond acceptors (Lipinski definition) is 7. The number of hydrogen-bond donors (Lipinski definition) is 0. The fourth-order valence-electron chi connectivity index (χ4n) is 5.81. The largest absolute Gasteiger partial charge is 0.493 e. The molecule has 0 amide bonds. The monoisotopic (exact) mass is 563 g/mol. The van der Waals surface area contributed by atoms with Gasteiger partial charge in [0.05, 0.1) is 44.6 Å². The van der Waals surface area contributed by atoms with Crippen molar-refractivity contribution in [2.24, 2.45) is 5.92 Å². The molecule has 1 saturated carbocycles. The molecule has 8 nitrogen and oxygen atoms in total. The fraction of sp³-hybridized carbons (Fsp3) is 0.552. The van der Waals surface area contributed by atoms with Crippen LogP contribution in [0.3, 0.4) is 0 Å². The lowest BCUT2D eigenvalue weighted by molar-refractivity contribution is -0.899. The summed E-state index contributed by atoms with van der Waals surface area (Å²) in [6.07, 6.45) is -0.344. The molecular weight excluding hydrogens is 529 g/mol. The van der Waals surface area contributed by atoms with Crippen LogP contribution in [-0.4, -0.2) is 62.0 Å². The van der Waals surface area contributed by atoms with Gasteiger partial charge < -0.3 is 23.1 Å². The predicted molar refractivity (Wildman–Crippen MR) is 136 cm³/mol. The van der Waals surface area contributed by atoms with E-state index in [1.165, 1.54) is 18.4 Å². The van der Waals surface area contributed by atoms with Crippen LogP contribution in [0.2, 0.25) is 0 Å². The maximum Gasteiger partial charge on any atom is 0.490 e. The van der Waals surface area contributed by atoms with E-state index in [-0.39, 0.29) is 5.76 Å². The SMILES string of the molecule is C[N+]1(CCCOc2cccc(C#N)c2)CCC(OC(=O)C(OC(=O)C(F)(F)F)(c2ccco2)C2CCCCC2)C1. The van der Waals surface area contributed by atoms with Crippen molar-refractivity contribution >= 4 is 11.9 Å². The molecule has 3 atom stereocenters. The van der Waals surface area contributed by atoms with Crippen molar-refractivity contribution in [2.75, 3.05) is 33.3 Å². The molecule has 1 aliphatic carbocycles. The van der Waals surface area contributed by atoms with Crippen molar-refractivity contribution in [2.45, 2.75) is 62.8 Å². The second-order valence-electron chi connectivity index (χ2n) is 10.8. The third kappa shape index (κ3) is 6.78. The minimum Gasteiger partial charge on any atom is -0.493 e. The van der Waals surface area contributed by atoms with E-state index in [1.54, 1.807) is 24.3 Å².